The van der Waals surface area contributed by atoms with E-state index < -0.39 is 0 Å². The molecule has 0 unspecified atom stereocenters. The minimum atomic E-state index is 0.788. The van der Waals surface area contributed by atoms with Crippen LogP contribution in [0.15, 0.2) is 187 Å². The van der Waals surface area contributed by atoms with Gasteiger partial charge in [0.2, 0.25) is 0 Å². The van der Waals surface area contributed by atoms with Gasteiger partial charge in [0.15, 0.2) is 5.58 Å². The lowest BCUT2D eigenvalue weighted by atomic mass is 9.97. The molecule has 0 saturated carbocycles. The van der Waals surface area contributed by atoms with Crippen LogP contribution in [0.5, 0.6) is 0 Å². The Labute approximate surface area is 289 Å². The van der Waals surface area contributed by atoms with Crippen molar-refractivity contribution in [3.8, 4) is 22.3 Å². The van der Waals surface area contributed by atoms with Gasteiger partial charge in [-0.1, -0.05) is 127 Å². The van der Waals surface area contributed by atoms with Crippen molar-refractivity contribution in [2.45, 2.75) is 0 Å². The van der Waals surface area contributed by atoms with E-state index in [-0.39, 0.29) is 0 Å². The van der Waals surface area contributed by atoms with Gasteiger partial charge in [-0.2, -0.15) is 0 Å². The van der Waals surface area contributed by atoms with Crippen LogP contribution in [0.4, 0.5) is 17.1 Å². The number of pyridine rings is 1. The van der Waals surface area contributed by atoms with Crippen molar-refractivity contribution in [3.63, 3.8) is 0 Å². The van der Waals surface area contributed by atoms with Crippen LogP contribution in [0.3, 0.4) is 0 Å². The summed E-state index contributed by atoms with van der Waals surface area (Å²) >= 11 is 0. The molecule has 3 nitrogen and oxygen atoms in total. The predicted molar refractivity (Wildman–Crippen MR) is 210 cm³/mol. The highest BCUT2D eigenvalue weighted by atomic mass is 16.3. The zero-order valence-corrected chi connectivity index (χ0v) is 27.1. The molecule has 10 aromatic rings. The van der Waals surface area contributed by atoms with Crippen molar-refractivity contribution >= 4 is 71.3 Å². The molecule has 2 aromatic heterocycles. The Morgan fingerprint density at radius 1 is 0.400 bits per heavy atom. The quantitative estimate of drug-likeness (QED) is 0.176. The molecule has 8 aromatic carbocycles. The van der Waals surface area contributed by atoms with E-state index in [1.165, 1.54) is 43.8 Å². The van der Waals surface area contributed by atoms with Gasteiger partial charge in [0.05, 0.1) is 11.9 Å². The third kappa shape index (κ3) is 4.63. The number of benzene rings is 8. The Morgan fingerprint density at radius 2 is 0.980 bits per heavy atom. The van der Waals surface area contributed by atoms with Gasteiger partial charge in [0.1, 0.15) is 5.58 Å². The van der Waals surface area contributed by atoms with E-state index in [0.717, 1.165) is 49.8 Å². The van der Waals surface area contributed by atoms with Gasteiger partial charge in [0, 0.05) is 39.1 Å². The van der Waals surface area contributed by atoms with Crippen LogP contribution in [-0.4, -0.2) is 4.98 Å². The van der Waals surface area contributed by atoms with Crippen LogP contribution in [0, 0.1) is 0 Å². The average molecular weight is 639 g/mol. The molecule has 0 aliphatic heterocycles. The van der Waals surface area contributed by atoms with Crippen LogP contribution in [0.2, 0.25) is 0 Å². The fourth-order valence-corrected chi connectivity index (χ4v) is 7.46. The van der Waals surface area contributed by atoms with Crippen LogP contribution < -0.4 is 4.90 Å². The molecule has 0 atom stereocenters. The maximum Gasteiger partial charge on any atom is 0.153 e. The average Bonchev–Trinajstić information content (AvgIpc) is 3.57. The molecule has 0 amide bonds. The molecule has 0 aliphatic rings. The standard InChI is InChI=1S/C47H30N2O/c1-2-8-31(9-3-1)32-18-22-37(23-19-32)49(45-29-44-41-26-27-48-30-46(41)50-47(44)42-13-7-6-12-40(42)45)38-24-20-33(21-25-38)36-17-16-35-15-14-34-10-4-5-11-39(34)43(35)28-36/h1-30H. The first-order chi connectivity index (χ1) is 24.8. The molecule has 2 heterocycles. The summed E-state index contributed by atoms with van der Waals surface area (Å²) in [5, 5.41) is 9.37. The van der Waals surface area contributed by atoms with E-state index in [0.29, 0.717) is 0 Å². The number of hydrogen-bond acceptors (Lipinski definition) is 3. The summed E-state index contributed by atoms with van der Waals surface area (Å²) in [6, 6.07) is 61.0. The number of rotatable bonds is 5. The maximum absolute atomic E-state index is 6.42. The molecule has 0 spiro atoms. The molecule has 0 saturated heterocycles. The summed E-state index contributed by atoms with van der Waals surface area (Å²) in [7, 11) is 0. The third-order valence-corrected chi connectivity index (χ3v) is 9.94. The molecular formula is C47H30N2O. The summed E-state index contributed by atoms with van der Waals surface area (Å²) in [6.07, 6.45) is 3.64. The van der Waals surface area contributed by atoms with E-state index in [4.69, 9.17) is 4.42 Å². The van der Waals surface area contributed by atoms with Gasteiger partial charge < -0.3 is 9.32 Å². The van der Waals surface area contributed by atoms with Crippen molar-refractivity contribution in [2.24, 2.45) is 0 Å². The Morgan fingerprint density at radius 3 is 1.74 bits per heavy atom. The Balaban J connectivity index is 1.15. The number of furan rings is 1. The lowest BCUT2D eigenvalue weighted by molar-refractivity contribution is 0.670. The van der Waals surface area contributed by atoms with Crippen LogP contribution >= 0.6 is 0 Å². The first-order valence-electron chi connectivity index (χ1n) is 16.9. The first-order valence-corrected chi connectivity index (χ1v) is 16.9. The minimum Gasteiger partial charge on any atom is -0.454 e. The number of nitrogens with zero attached hydrogens (tertiary/aromatic N) is 2. The fourth-order valence-electron chi connectivity index (χ4n) is 7.46. The second-order valence-electron chi connectivity index (χ2n) is 12.8. The zero-order valence-electron chi connectivity index (χ0n) is 27.1. The Kier molecular flexibility index (Phi) is 6.49. The molecule has 0 fully saturated rings. The molecular weight excluding hydrogens is 609 g/mol. The number of fused-ring (bicyclic) bond motifs is 8. The van der Waals surface area contributed by atoms with Crippen molar-refractivity contribution < 1.29 is 4.42 Å². The summed E-state index contributed by atoms with van der Waals surface area (Å²) in [5.74, 6) is 0. The SMILES string of the molecule is c1ccc(-c2ccc(N(c3ccc(-c4ccc5ccc6ccccc6c5c4)cc3)c3cc4c5ccncc5oc4c4ccccc34)cc2)cc1. The number of hydrogen-bond donors (Lipinski definition) is 0. The highest BCUT2D eigenvalue weighted by Crippen LogP contribution is 2.45. The predicted octanol–water partition coefficient (Wildman–Crippen LogP) is 13.2. The van der Waals surface area contributed by atoms with Crippen molar-refractivity contribution in [3.05, 3.63) is 182 Å². The van der Waals surface area contributed by atoms with Gasteiger partial charge >= 0.3 is 0 Å². The van der Waals surface area contributed by atoms with Gasteiger partial charge in [-0.05, 0) is 86.3 Å². The largest absolute Gasteiger partial charge is 0.454 e. The van der Waals surface area contributed by atoms with Gasteiger partial charge in [-0.25, -0.2) is 0 Å². The number of aromatic nitrogens is 1. The van der Waals surface area contributed by atoms with E-state index in [9.17, 15) is 0 Å². The van der Waals surface area contributed by atoms with Crippen LogP contribution in [0.1, 0.15) is 0 Å². The fraction of sp³-hybridized carbons (Fsp3) is 0. The van der Waals surface area contributed by atoms with Crippen LogP contribution in [-0.2, 0) is 0 Å². The third-order valence-electron chi connectivity index (χ3n) is 9.94. The van der Waals surface area contributed by atoms with Gasteiger partial charge in [-0.15, -0.1) is 0 Å². The Bertz CT molecular complexity index is 2850. The number of anilines is 3. The maximum atomic E-state index is 6.42. The molecule has 0 bridgehead atoms. The van der Waals surface area contributed by atoms with Gasteiger partial charge in [0.25, 0.3) is 0 Å². The summed E-state index contributed by atoms with van der Waals surface area (Å²) in [4.78, 5) is 6.70. The molecule has 234 valence electrons. The van der Waals surface area contributed by atoms with Crippen molar-refractivity contribution in [1.29, 1.82) is 0 Å². The van der Waals surface area contributed by atoms with Gasteiger partial charge in [-0.3, -0.25) is 4.98 Å². The van der Waals surface area contributed by atoms with E-state index in [2.05, 4.69) is 174 Å². The summed E-state index contributed by atoms with van der Waals surface area (Å²) in [6.45, 7) is 0. The molecule has 3 heteroatoms. The monoisotopic (exact) mass is 638 g/mol. The second-order valence-corrected chi connectivity index (χ2v) is 12.8. The van der Waals surface area contributed by atoms with E-state index in [1.54, 1.807) is 6.20 Å². The normalized spacial score (nSPS) is 11.6. The molecule has 0 N–H and O–H groups in total. The molecule has 0 radical (unpaired) electrons. The summed E-state index contributed by atoms with van der Waals surface area (Å²) < 4.78 is 6.42. The molecule has 0 aliphatic carbocycles. The highest BCUT2D eigenvalue weighted by Gasteiger charge is 2.20. The Hall–Kier alpha value is -6.71. The molecule has 10 rings (SSSR count). The first kappa shape index (κ1) is 28.3. The van der Waals surface area contributed by atoms with Crippen molar-refractivity contribution in [2.75, 3.05) is 4.90 Å². The second kappa shape index (κ2) is 11.5. The lowest BCUT2D eigenvalue weighted by Gasteiger charge is -2.27. The topological polar surface area (TPSA) is 29.3 Å². The molecule has 50 heavy (non-hydrogen) atoms. The lowest BCUT2D eigenvalue weighted by Crippen LogP contribution is -2.10. The van der Waals surface area contributed by atoms with Crippen LogP contribution in [0.25, 0.3) is 76.5 Å². The van der Waals surface area contributed by atoms with E-state index in [1.807, 2.05) is 12.3 Å². The highest BCUT2D eigenvalue weighted by molar-refractivity contribution is 6.19. The minimum absolute atomic E-state index is 0.788. The summed E-state index contributed by atoms with van der Waals surface area (Å²) in [5.41, 5.74) is 9.67. The van der Waals surface area contributed by atoms with Crippen molar-refractivity contribution in [1.82, 2.24) is 4.98 Å². The van der Waals surface area contributed by atoms with E-state index >= 15 is 0 Å². The zero-order chi connectivity index (χ0) is 33.0. The smallest absolute Gasteiger partial charge is 0.153 e.